The highest BCUT2D eigenvalue weighted by molar-refractivity contribution is 7.89. The second-order valence-corrected chi connectivity index (χ2v) is 11.2. The van der Waals surface area contributed by atoms with Crippen molar-refractivity contribution >= 4 is 39.3 Å². The van der Waals surface area contributed by atoms with Crippen molar-refractivity contribution in [2.24, 2.45) is 16.9 Å². The summed E-state index contributed by atoms with van der Waals surface area (Å²) in [6.45, 7) is 6.65. The Morgan fingerprint density at radius 1 is 1.05 bits per heavy atom. The van der Waals surface area contributed by atoms with Crippen LogP contribution < -0.4 is 4.83 Å². The Hall–Kier alpha value is -2.95. The normalized spacial score (nSPS) is 24.9. The second-order valence-electron chi connectivity index (χ2n) is 9.08. The van der Waals surface area contributed by atoms with Gasteiger partial charge in [-0.05, 0) is 57.5 Å². The van der Waals surface area contributed by atoms with Gasteiger partial charge in [0, 0.05) is 17.4 Å². The number of hydrogen-bond donors (Lipinski definition) is 2. The Labute approximate surface area is 221 Å². The first-order chi connectivity index (χ1) is 17.4. The van der Waals surface area contributed by atoms with E-state index in [0.29, 0.717) is 10.6 Å². The van der Waals surface area contributed by atoms with Crippen molar-refractivity contribution in [1.29, 1.82) is 0 Å². The van der Waals surface area contributed by atoms with E-state index in [0.717, 1.165) is 5.56 Å². The number of aryl methyl sites for hydroxylation is 1. The largest absolute Gasteiger partial charge is 0.466 e. The van der Waals surface area contributed by atoms with Crippen LogP contribution in [0.25, 0.3) is 0 Å². The lowest BCUT2D eigenvalue weighted by molar-refractivity contribution is -0.163. The SMILES string of the molecule is CCOC(=O)C1/C(=N/NS(=O)(=O)c2ccc(C)cc2)CC(C)(O)C(C(=O)OCC)C1c1ccc(Cl)cc1. The number of ether oxygens (including phenoxy) is 2. The van der Waals surface area contributed by atoms with Gasteiger partial charge in [-0.3, -0.25) is 9.59 Å². The first-order valence-electron chi connectivity index (χ1n) is 11.9. The third-order valence-electron chi connectivity index (χ3n) is 6.26. The summed E-state index contributed by atoms with van der Waals surface area (Å²) >= 11 is 6.07. The molecule has 0 bridgehead atoms. The second kappa shape index (κ2) is 11.6. The van der Waals surface area contributed by atoms with Crippen molar-refractivity contribution in [3.8, 4) is 0 Å². The highest BCUT2D eigenvalue weighted by Gasteiger charge is 2.56. The molecule has 0 heterocycles. The van der Waals surface area contributed by atoms with Crippen LogP contribution in [0.15, 0.2) is 58.5 Å². The van der Waals surface area contributed by atoms with Gasteiger partial charge in [-0.15, -0.1) is 0 Å². The molecule has 4 unspecified atom stereocenters. The number of hydrogen-bond acceptors (Lipinski definition) is 8. The topological polar surface area (TPSA) is 131 Å². The summed E-state index contributed by atoms with van der Waals surface area (Å²) < 4.78 is 36.4. The quantitative estimate of drug-likeness (QED) is 0.379. The van der Waals surface area contributed by atoms with Crippen molar-refractivity contribution in [1.82, 2.24) is 4.83 Å². The molecular formula is C26H31ClN2O7S. The van der Waals surface area contributed by atoms with Gasteiger partial charge in [-0.1, -0.05) is 41.4 Å². The Kier molecular flexibility index (Phi) is 8.99. The molecule has 200 valence electrons. The number of sulfonamides is 1. The Balaban J connectivity index is 2.15. The maximum Gasteiger partial charge on any atom is 0.315 e. The van der Waals surface area contributed by atoms with Gasteiger partial charge in [0.15, 0.2) is 0 Å². The maximum atomic E-state index is 13.3. The van der Waals surface area contributed by atoms with E-state index in [2.05, 4.69) is 9.93 Å². The summed E-state index contributed by atoms with van der Waals surface area (Å²) in [6.07, 6.45) is -0.277. The molecule has 1 aliphatic rings. The summed E-state index contributed by atoms with van der Waals surface area (Å²) in [6, 6.07) is 12.6. The van der Waals surface area contributed by atoms with Gasteiger partial charge < -0.3 is 14.6 Å². The number of carbonyl (C=O) groups is 2. The predicted molar refractivity (Wildman–Crippen MR) is 139 cm³/mol. The van der Waals surface area contributed by atoms with Gasteiger partial charge in [0.2, 0.25) is 0 Å². The fraction of sp³-hybridized carbons (Fsp3) is 0.423. The van der Waals surface area contributed by atoms with E-state index in [9.17, 15) is 23.1 Å². The molecule has 37 heavy (non-hydrogen) atoms. The molecule has 0 aromatic heterocycles. The molecule has 0 aliphatic heterocycles. The fourth-order valence-corrected chi connectivity index (χ4v) is 5.55. The van der Waals surface area contributed by atoms with Crippen molar-refractivity contribution in [3.05, 3.63) is 64.7 Å². The molecule has 2 aromatic carbocycles. The zero-order valence-corrected chi connectivity index (χ0v) is 22.7. The molecule has 1 fully saturated rings. The number of esters is 2. The van der Waals surface area contributed by atoms with Gasteiger partial charge in [-0.2, -0.15) is 13.5 Å². The summed E-state index contributed by atoms with van der Waals surface area (Å²) in [5.74, 6) is -4.73. The third-order valence-corrected chi connectivity index (χ3v) is 7.74. The van der Waals surface area contributed by atoms with Crippen molar-refractivity contribution in [2.75, 3.05) is 13.2 Å². The molecule has 0 radical (unpaired) electrons. The summed E-state index contributed by atoms with van der Waals surface area (Å²) in [5, 5.41) is 16.0. The number of benzene rings is 2. The number of rotatable bonds is 8. The van der Waals surface area contributed by atoms with Crippen LogP contribution in [-0.4, -0.2) is 50.0 Å². The molecule has 0 saturated heterocycles. The van der Waals surface area contributed by atoms with Crippen LogP contribution in [0.1, 0.15) is 44.2 Å². The van der Waals surface area contributed by atoms with E-state index < -0.39 is 45.3 Å². The average molecular weight is 551 g/mol. The van der Waals surface area contributed by atoms with Gasteiger partial charge in [-0.25, -0.2) is 4.83 Å². The molecular weight excluding hydrogens is 520 g/mol. The number of carbonyl (C=O) groups excluding carboxylic acids is 2. The highest BCUT2D eigenvalue weighted by atomic mass is 35.5. The third kappa shape index (κ3) is 6.49. The molecule has 4 atom stereocenters. The molecule has 11 heteroatoms. The fourth-order valence-electron chi connectivity index (χ4n) is 4.59. The molecule has 2 N–H and O–H groups in total. The smallest absolute Gasteiger partial charge is 0.315 e. The van der Waals surface area contributed by atoms with Crippen LogP contribution in [0.4, 0.5) is 0 Å². The minimum atomic E-state index is -4.08. The summed E-state index contributed by atoms with van der Waals surface area (Å²) in [4.78, 5) is 28.6. The van der Waals surface area contributed by atoms with E-state index >= 15 is 0 Å². The molecule has 1 saturated carbocycles. The molecule has 0 amide bonds. The van der Waals surface area contributed by atoms with Crippen LogP contribution in [0, 0.1) is 18.8 Å². The molecule has 2 aromatic rings. The summed E-state index contributed by atoms with van der Waals surface area (Å²) in [5.41, 5.74) is -0.311. The first-order valence-corrected chi connectivity index (χ1v) is 13.7. The zero-order valence-electron chi connectivity index (χ0n) is 21.1. The van der Waals surface area contributed by atoms with Gasteiger partial charge in [0.1, 0.15) is 5.92 Å². The first kappa shape index (κ1) is 28.6. The number of aliphatic hydroxyl groups is 1. The Morgan fingerprint density at radius 2 is 1.62 bits per heavy atom. The van der Waals surface area contributed by atoms with Crippen LogP contribution in [0.3, 0.4) is 0 Å². The predicted octanol–water partition coefficient (Wildman–Crippen LogP) is 3.58. The Morgan fingerprint density at radius 3 is 2.19 bits per heavy atom. The van der Waals surface area contributed by atoms with E-state index in [1.165, 1.54) is 19.1 Å². The molecule has 9 nitrogen and oxygen atoms in total. The van der Waals surface area contributed by atoms with Crippen molar-refractivity contribution in [3.63, 3.8) is 0 Å². The zero-order chi connectivity index (χ0) is 27.4. The van der Waals surface area contributed by atoms with Gasteiger partial charge >= 0.3 is 11.9 Å². The van der Waals surface area contributed by atoms with Gasteiger partial charge in [0.25, 0.3) is 10.0 Å². The van der Waals surface area contributed by atoms with Crippen LogP contribution in [0.5, 0.6) is 0 Å². The van der Waals surface area contributed by atoms with E-state index in [1.807, 2.05) is 6.92 Å². The average Bonchev–Trinajstić information content (AvgIpc) is 2.83. The number of nitrogens with one attached hydrogen (secondary N) is 1. The minimum Gasteiger partial charge on any atom is -0.466 e. The lowest BCUT2D eigenvalue weighted by Crippen LogP contribution is -2.55. The Bertz CT molecular complexity index is 1260. The molecule has 3 rings (SSSR count). The van der Waals surface area contributed by atoms with Crippen LogP contribution in [0.2, 0.25) is 5.02 Å². The molecule has 0 spiro atoms. The van der Waals surface area contributed by atoms with Crippen LogP contribution in [-0.2, 0) is 29.1 Å². The number of hydrazone groups is 1. The standard InChI is InChI=1S/C26H31ClN2O7S/c1-5-35-24(30)22-20(28-29-37(33,34)19-13-7-16(3)8-14-19)15-26(4,32)23(25(31)36-6-2)21(22)17-9-11-18(27)12-10-17/h7-14,21-23,29,32H,5-6,15H2,1-4H3/b28-20+. The minimum absolute atomic E-state index is 0.0173. The van der Waals surface area contributed by atoms with E-state index in [4.69, 9.17) is 21.1 Å². The van der Waals surface area contributed by atoms with E-state index in [1.54, 1.807) is 50.2 Å². The lowest BCUT2D eigenvalue weighted by Gasteiger charge is -2.45. The summed E-state index contributed by atoms with van der Waals surface area (Å²) in [7, 11) is -4.08. The number of nitrogens with zero attached hydrogens (tertiary/aromatic N) is 1. The van der Waals surface area contributed by atoms with Crippen molar-refractivity contribution < 1.29 is 32.6 Å². The lowest BCUT2D eigenvalue weighted by atomic mass is 9.61. The monoisotopic (exact) mass is 550 g/mol. The van der Waals surface area contributed by atoms with Crippen molar-refractivity contribution in [2.45, 2.75) is 50.5 Å². The molecule has 1 aliphatic carbocycles. The maximum absolute atomic E-state index is 13.3. The number of halogens is 1. The highest BCUT2D eigenvalue weighted by Crippen LogP contribution is 2.47. The van der Waals surface area contributed by atoms with Gasteiger partial charge in [0.05, 0.1) is 35.3 Å². The van der Waals surface area contributed by atoms with Crippen LogP contribution >= 0.6 is 11.6 Å². The van der Waals surface area contributed by atoms with E-state index in [-0.39, 0.29) is 30.2 Å².